The number of benzene rings is 10. The number of aromatic nitrogens is 1. The summed E-state index contributed by atoms with van der Waals surface area (Å²) >= 11 is 0. The van der Waals surface area contributed by atoms with Crippen molar-refractivity contribution < 1.29 is 0 Å². The number of hydrogen-bond donors (Lipinski definition) is 0. The molecule has 0 aliphatic carbocycles. The average molecular weight is 765 g/mol. The zero-order valence-electron chi connectivity index (χ0n) is 33.0. The van der Waals surface area contributed by atoms with Crippen LogP contribution in [-0.2, 0) is 0 Å². The van der Waals surface area contributed by atoms with Gasteiger partial charge in [0.1, 0.15) is 0 Å². The number of rotatable bonds is 8. The first-order chi connectivity index (χ1) is 29.8. The van der Waals surface area contributed by atoms with Crippen molar-refractivity contribution in [1.29, 1.82) is 0 Å². The fourth-order valence-electron chi connectivity index (χ4n) is 9.16. The Kier molecular flexibility index (Phi) is 8.87. The molecule has 0 spiro atoms. The number of hydrogen-bond acceptors (Lipinski definition) is 1. The fraction of sp³-hybridized carbons (Fsp3) is 0. The van der Waals surface area contributed by atoms with Gasteiger partial charge in [-0.2, -0.15) is 0 Å². The Labute approximate surface area is 350 Å². The molecule has 0 saturated heterocycles. The third-order valence-electron chi connectivity index (χ3n) is 11.8. The van der Waals surface area contributed by atoms with Crippen LogP contribution in [0, 0.1) is 0 Å². The van der Waals surface area contributed by atoms with Crippen molar-refractivity contribution in [2.45, 2.75) is 0 Å². The van der Waals surface area contributed by atoms with E-state index in [-0.39, 0.29) is 0 Å². The van der Waals surface area contributed by atoms with Crippen molar-refractivity contribution in [2.75, 3.05) is 4.90 Å². The minimum Gasteiger partial charge on any atom is -0.309 e. The van der Waals surface area contributed by atoms with Crippen LogP contribution in [0.3, 0.4) is 0 Å². The van der Waals surface area contributed by atoms with Gasteiger partial charge in [0.05, 0.1) is 22.4 Å². The van der Waals surface area contributed by atoms with Crippen molar-refractivity contribution >= 4 is 49.6 Å². The van der Waals surface area contributed by atoms with Gasteiger partial charge in [0.15, 0.2) is 0 Å². The molecule has 10 aromatic carbocycles. The van der Waals surface area contributed by atoms with E-state index >= 15 is 0 Å². The smallest absolute Gasteiger partial charge is 0.0562 e. The molecular weight excluding hydrogens is 725 g/mol. The predicted octanol–water partition coefficient (Wildman–Crippen LogP) is 16.1. The molecule has 0 unspecified atom stereocenters. The Balaban J connectivity index is 1.23. The van der Waals surface area contributed by atoms with Gasteiger partial charge in [-0.05, 0) is 98.2 Å². The summed E-state index contributed by atoms with van der Waals surface area (Å²) in [6, 6.07) is 88.0. The second-order valence-corrected chi connectivity index (χ2v) is 15.2. The lowest BCUT2D eigenvalue weighted by molar-refractivity contribution is 1.18. The molecule has 0 amide bonds. The topological polar surface area (TPSA) is 8.17 Å². The van der Waals surface area contributed by atoms with Crippen LogP contribution in [0.15, 0.2) is 243 Å². The second kappa shape index (κ2) is 15.1. The highest BCUT2D eigenvalue weighted by Crippen LogP contribution is 2.50. The SMILES string of the molecule is c1ccc(-c2ccccc2-c2c(-c3ccccc3)cccc2N(c2ccc(-c3cccc4ccccc34)cc2)c2cccc3c2c2ccccc2n3-c2ccccc2)cc1. The molecule has 0 radical (unpaired) electrons. The van der Waals surface area contributed by atoms with Gasteiger partial charge in [-0.1, -0.05) is 194 Å². The van der Waals surface area contributed by atoms with Gasteiger partial charge >= 0.3 is 0 Å². The van der Waals surface area contributed by atoms with E-state index < -0.39 is 0 Å². The maximum atomic E-state index is 2.50. The monoisotopic (exact) mass is 764 g/mol. The molecule has 0 bridgehead atoms. The fourth-order valence-corrected chi connectivity index (χ4v) is 9.16. The average Bonchev–Trinajstić information content (AvgIpc) is 3.67. The summed E-state index contributed by atoms with van der Waals surface area (Å²) in [5, 5.41) is 4.89. The first-order valence-corrected chi connectivity index (χ1v) is 20.6. The van der Waals surface area contributed by atoms with Gasteiger partial charge in [0, 0.05) is 27.7 Å². The molecule has 0 atom stereocenters. The molecule has 2 heteroatoms. The third-order valence-corrected chi connectivity index (χ3v) is 11.8. The summed E-state index contributed by atoms with van der Waals surface area (Å²) in [5.41, 5.74) is 16.2. The molecule has 60 heavy (non-hydrogen) atoms. The standard InChI is InChI=1S/C58H40N2/c1-4-19-41(20-5-1)49-28-12-13-29-51(49)57-50(43-21-6-2-7-22-43)32-17-34-54(57)60(46-39-37-44(38-40-46)48-31-16-24-42-23-10-11-27-47(42)48)56-36-18-35-55-58(56)52-30-14-15-33-53(52)59(55)45-25-8-3-9-26-45/h1-40H. The van der Waals surface area contributed by atoms with Crippen LogP contribution in [0.1, 0.15) is 0 Å². The summed E-state index contributed by atoms with van der Waals surface area (Å²) in [5.74, 6) is 0. The van der Waals surface area contributed by atoms with Crippen molar-refractivity contribution in [3.63, 3.8) is 0 Å². The molecule has 2 nitrogen and oxygen atoms in total. The number of nitrogens with zero attached hydrogens (tertiary/aromatic N) is 2. The first kappa shape index (κ1) is 35.2. The number of para-hydroxylation sites is 2. The highest BCUT2D eigenvalue weighted by atomic mass is 15.2. The highest BCUT2D eigenvalue weighted by Gasteiger charge is 2.26. The molecule has 11 aromatic rings. The summed E-state index contributed by atoms with van der Waals surface area (Å²) in [6.45, 7) is 0. The zero-order valence-corrected chi connectivity index (χ0v) is 33.0. The number of anilines is 3. The molecule has 0 saturated carbocycles. The molecule has 1 heterocycles. The lowest BCUT2D eigenvalue weighted by Crippen LogP contribution is -2.12. The Morgan fingerprint density at radius 3 is 1.57 bits per heavy atom. The number of fused-ring (bicyclic) bond motifs is 4. The van der Waals surface area contributed by atoms with E-state index in [9.17, 15) is 0 Å². The maximum Gasteiger partial charge on any atom is 0.0562 e. The van der Waals surface area contributed by atoms with E-state index in [4.69, 9.17) is 0 Å². The summed E-state index contributed by atoms with van der Waals surface area (Å²) < 4.78 is 2.40. The lowest BCUT2D eigenvalue weighted by Gasteiger charge is -2.30. The molecule has 0 fully saturated rings. The van der Waals surface area contributed by atoms with Crippen molar-refractivity contribution in [3.8, 4) is 50.2 Å². The third kappa shape index (κ3) is 6.06. The maximum absolute atomic E-state index is 2.50. The van der Waals surface area contributed by atoms with Crippen LogP contribution in [0.2, 0.25) is 0 Å². The Bertz CT molecular complexity index is 3290. The van der Waals surface area contributed by atoms with Crippen LogP contribution >= 0.6 is 0 Å². The molecular formula is C58H40N2. The van der Waals surface area contributed by atoms with Gasteiger partial charge < -0.3 is 9.47 Å². The normalized spacial score (nSPS) is 11.3. The lowest BCUT2D eigenvalue weighted by atomic mass is 9.87. The van der Waals surface area contributed by atoms with Crippen LogP contribution in [0.4, 0.5) is 17.1 Å². The predicted molar refractivity (Wildman–Crippen MR) is 255 cm³/mol. The van der Waals surface area contributed by atoms with Gasteiger partial charge in [0.25, 0.3) is 0 Å². The van der Waals surface area contributed by atoms with Gasteiger partial charge in [0.2, 0.25) is 0 Å². The molecule has 11 rings (SSSR count). The Morgan fingerprint density at radius 1 is 0.300 bits per heavy atom. The van der Waals surface area contributed by atoms with E-state index in [1.54, 1.807) is 0 Å². The van der Waals surface area contributed by atoms with E-state index in [0.717, 1.165) is 28.3 Å². The summed E-state index contributed by atoms with van der Waals surface area (Å²) in [6.07, 6.45) is 0. The van der Waals surface area contributed by atoms with E-state index in [1.807, 2.05) is 0 Å². The minimum atomic E-state index is 1.08. The van der Waals surface area contributed by atoms with E-state index in [2.05, 4.69) is 252 Å². The van der Waals surface area contributed by atoms with Gasteiger partial charge in [-0.15, -0.1) is 0 Å². The second-order valence-electron chi connectivity index (χ2n) is 15.2. The van der Waals surface area contributed by atoms with E-state index in [0.29, 0.717) is 0 Å². The van der Waals surface area contributed by atoms with Gasteiger partial charge in [-0.3, -0.25) is 0 Å². The molecule has 282 valence electrons. The quantitative estimate of drug-likeness (QED) is 0.150. The minimum absolute atomic E-state index is 1.08. The Morgan fingerprint density at radius 2 is 0.800 bits per heavy atom. The van der Waals surface area contributed by atoms with Crippen molar-refractivity contribution in [3.05, 3.63) is 243 Å². The molecule has 0 N–H and O–H groups in total. The van der Waals surface area contributed by atoms with E-state index in [1.165, 1.54) is 71.6 Å². The first-order valence-electron chi connectivity index (χ1n) is 20.6. The Hall–Kier alpha value is -7.94. The van der Waals surface area contributed by atoms with Crippen molar-refractivity contribution in [2.24, 2.45) is 0 Å². The summed E-state index contributed by atoms with van der Waals surface area (Å²) in [7, 11) is 0. The highest BCUT2D eigenvalue weighted by molar-refractivity contribution is 6.17. The van der Waals surface area contributed by atoms with Gasteiger partial charge in [-0.25, -0.2) is 0 Å². The van der Waals surface area contributed by atoms with Crippen LogP contribution in [-0.4, -0.2) is 4.57 Å². The van der Waals surface area contributed by atoms with Crippen LogP contribution in [0.5, 0.6) is 0 Å². The van der Waals surface area contributed by atoms with Crippen LogP contribution < -0.4 is 4.90 Å². The van der Waals surface area contributed by atoms with Crippen LogP contribution in [0.25, 0.3) is 82.8 Å². The summed E-state index contributed by atoms with van der Waals surface area (Å²) in [4.78, 5) is 2.50. The largest absolute Gasteiger partial charge is 0.309 e. The zero-order chi connectivity index (χ0) is 39.8. The molecule has 0 aliphatic heterocycles. The van der Waals surface area contributed by atoms with Crippen molar-refractivity contribution in [1.82, 2.24) is 4.57 Å². The molecule has 0 aliphatic rings. The molecule has 1 aromatic heterocycles.